The molecule has 14 heavy (non-hydrogen) atoms. The smallest absolute Gasteiger partial charge is 0.163 e. The lowest BCUT2D eigenvalue weighted by molar-refractivity contribution is -0.129. The van der Waals surface area contributed by atoms with Crippen molar-refractivity contribution in [1.82, 2.24) is 0 Å². The van der Waals surface area contributed by atoms with Gasteiger partial charge in [0.25, 0.3) is 0 Å². The molecule has 0 bridgehead atoms. The number of ketones is 1. The second kappa shape index (κ2) is 4.87. The minimum atomic E-state index is 0.0670. The number of carbonyl (C=O) groups is 1. The molecular formula is C10H16O4. The monoisotopic (exact) mass is 200 g/mol. The lowest BCUT2D eigenvalue weighted by Crippen LogP contribution is -2.24. The van der Waals surface area contributed by atoms with E-state index in [1.807, 2.05) is 0 Å². The molecule has 2 saturated heterocycles. The van der Waals surface area contributed by atoms with Crippen molar-refractivity contribution in [1.29, 1.82) is 0 Å². The van der Waals surface area contributed by atoms with Crippen LogP contribution in [0.1, 0.15) is 12.8 Å². The highest BCUT2D eigenvalue weighted by Gasteiger charge is 2.25. The van der Waals surface area contributed by atoms with E-state index in [0.29, 0.717) is 19.8 Å². The summed E-state index contributed by atoms with van der Waals surface area (Å²) in [6, 6.07) is 0. The Morgan fingerprint density at radius 2 is 2.00 bits per heavy atom. The molecule has 0 aromatic carbocycles. The van der Waals surface area contributed by atoms with Gasteiger partial charge in [0.05, 0.1) is 19.3 Å². The summed E-state index contributed by atoms with van der Waals surface area (Å²) >= 11 is 0. The Morgan fingerprint density at radius 3 is 2.64 bits per heavy atom. The van der Waals surface area contributed by atoms with Gasteiger partial charge in [-0.3, -0.25) is 4.79 Å². The number of hydrogen-bond donors (Lipinski definition) is 0. The quantitative estimate of drug-likeness (QED) is 0.659. The molecule has 0 spiro atoms. The third-order valence-corrected chi connectivity index (χ3v) is 2.73. The third-order valence-electron chi connectivity index (χ3n) is 2.73. The van der Waals surface area contributed by atoms with E-state index in [9.17, 15) is 4.79 Å². The second-order valence-electron chi connectivity index (χ2n) is 3.82. The maximum atomic E-state index is 11.6. The highest BCUT2D eigenvalue weighted by Crippen LogP contribution is 2.15. The van der Waals surface area contributed by atoms with Gasteiger partial charge in [0.15, 0.2) is 5.78 Å². The van der Waals surface area contributed by atoms with E-state index in [2.05, 4.69) is 0 Å². The van der Waals surface area contributed by atoms with Gasteiger partial charge in [0.1, 0.15) is 6.61 Å². The average molecular weight is 200 g/mol. The van der Waals surface area contributed by atoms with Crippen LogP contribution in [0.5, 0.6) is 0 Å². The fraction of sp³-hybridized carbons (Fsp3) is 0.900. The summed E-state index contributed by atoms with van der Waals surface area (Å²) in [6.45, 7) is 2.90. The van der Waals surface area contributed by atoms with Crippen LogP contribution < -0.4 is 0 Å². The number of Topliss-reactive ketones (excluding diaryl/α,β-unsaturated/α-hetero) is 1. The van der Waals surface area contributed by atoms with Crippen molar-refractivity contribution < 1.29 is 19.0 Å². The molecule has 2 heterocycles. The van der Waals surface area contributed by atoms with E-state index in [1.165, 1.54) is 0 Å². The molecule has 0 radical (unpaired) electrons. The zero-order valence-electron chi connectivity index (χ0n) is 8.24. The number of carbonyl (C=O) groups excluding carboxylic acids is 1. The highest BCUT2D eigenvalue weighted by molar-refractivity contribution is 5.82. The highest BCUT2D eigenvalue weighted by atomic mass is 16.5. The standard InChI is InChI=1S/C10H16O4/c11-10(8-1-3-12-5-8)7-14-9-2-4-13-6-9/h8-9H,1-7H2. The minimum absolute atomic E-state index is 0.0670. The van der Waals surface area contributed by atoms with Gasteiger partial charge in [-0.05, 0) is 12.8 Å². The van der Waals surface area contributed by atoms with Crippen LogP contribution in [0.4, 0.5) is 0 Å². The molecule has 80 valence electrons. The average Bonchev–Trinajstić information content (AvgIpc) is 2.87. The molecule has 2 atom stereocenters. The van der Waals surface area contributed by atoms with Gasteiger partial charge >= 0.3 is 0 Å². The van der Waals surface area contributed by atoms with E-state index in [0.717, 1.165) is 19.4 Å². The Bertz CT molecular complexity index is 192. The fourth-order valence-electron chi connectivity index (χ4n) is 1.75. The first-order chi connectivity index (χ1) is 6.86. The molecule has 2 unspecified atom stereocenters. The maximum absolute atomic E-state index is 11.6. The van der Waals surface area contributed by atoms with Gasteiger partial charge in [-0.25, -0.2) is 0 Å². The summed E-state index contributed by atoms with van der Waals surface area (Å²) < 4.78 is 15.7. The molecule has 0 aromatic heterocycles. The molecule has 0 amide bonds. The van der Waals surface area contributed by atoms with Gasteiger partial charge < -0.3 is 14.2 Å². The van der Waals surface area contributed by atoms with Crippen molar-refractivity contribution in [3.63, 3.8) is 0 Å². The fourth-order valence-corrected chi connectivity index (χ4v) is 1.75. The molecule has 2 aliphatic rings. The summed E-state index contributed by atoms with van der Waals surface area (Å²) in [5, 5.41) is 0. The molecule has 4 nitrogen and oxygen atoms in total. The first-order valence-electron chi connectivity index (χ1n) is 5.16. The van der Waals surface area contributed by atoms with Crippen LogP contribution in [-0.2, 0) is 19.0 Å². The van der Waals surface area contributed by atoms with Crippen LogP contribution in [-0.4, -0.2) is 44.9 Å². The maximum Gasteiger partial charge on any atom is 0.163 e. The van der Waals surface area contributed by atoms with E-state index < -0.39 is 0 Å². The van der Waals surface area contributed by atoms with Crippen molar-refractivity contribution in [3.05, 3.63) is 0 Å². The van der Waals surface area contributed by atoms with Crippen molar-refractivity contribution in [2.75, 3.05) is 33.0 Å². The van der Waals surface area contributed by atoms with Crippen molar-refractivity contribution in [2.45, 2.75) is 18.9 Å². The molecule has 4 heteroatoms. The minimum Gasteiger partial charge on any atom is -0.381 e. The van der Waals surface area contributed by atoms with E-state index in [1.54, 1.807) is 0 Å². The van der Waals surface area contributed by atoms with Crippen LogP contribution in [0.15, 0.2) is 0 Å². The normalized spacial score (nSPS) is 32.3. The third kappa shape index (κ3) is 2.53. The van der Waals surface area contributed by atoms with Crippen LogP contribution >= 0.6 is 0 Å². The molecule has 2 fully saturated rings. The van der Waals surface area contributed by atoms with Crippen LogP contribution in [0.25, 0.3) is 0 Å². The van der Waals surface area contributed by atoms with E-state index in [-0.39, 0.29) is 24.4 Å². The Balaban J connectivity index is 1.66. The van der Waals surface area contributed by atoms with Gasteiger partial charge in [-0.1, -0.05) is 0 Å². The summed E-state index contributed by atoms with van der Waals surface area (Å²) in [6.07, 6.45) is 1.89. The summed E-state index contributed by atoms with van der Waals surface area (Å²) in [5.74, 6) is 0.242. The predicted octanol–water partition coefficient (Wildman–Crippen LogP) is 0.397. The Labute approximate surface area is 83.5 Å². The van der Waals surface area contributed by atoms with Crippen molar-refractivity contribution >= 4 is 5.78 Å². The predicted molar refractivity (Wildman–Crippen MR) is 49.1 cm³/mol. The summed E-state index contributed by atoms with van der Waals surface area (Å²) in [4.78, 5) is 11.6. The number of ether oxygens (including phenoxy) is 3. The first-order valence-corrected chi connectivity index (χ1v) is 5.16. The van der Waals surface area contributed by atoms with E-state index >= 15 is 0 Å². The molecule has 0 saturated carbocycles. The zero-order chi connectivity index (χ0) is 9.80. The van der Waals surface area contributed by atoms with Crippen molar-refractivity contribution in [2.24, 2.45) is 5.92 Å². The van der Waals surface area contributed by atoms with Crippen molar-refractivity contribution in [3.8, 4) is 0 Å². The van der Waals surface area contributed by atoms with E-state index in [4.69, 9.17) is 14.2 Å². The van der Waals surface area contributed by atoms with Crippen LogP contribution in [0.2, 0.25) is 0 Å². The number of hydrogen-bond acceptors (Lipinski definition) is 4. The lowest BCUT2D eigenvalue weighted by Gasteiger charge is -2.11. The Hall–Kier alpha value is -0.450. The first kappa shape index (κ1) is 10.1. The molecular weight excluding hydrogens is 184 g/mol. The zero-order valence-corrected chi connectivity index (χ0v) is 8.24. The molecule has 0 aromatic rings. The molecule has 0 aliphatic carbocycles. The SMILES string of the molecule is O=C(COC1CCOC1)C1CCOC1. The molecule has 2 rings (SSSR count). The van der Waals surface area contributed by atoms with Gasteiger partial charge in [0, 0.05) is 19.1 Å². The van der Waals surface area contributed by atoms with Gasteiger partial charge in [-0.15, -0.1) is 0 Å². The number of rotatable bonds is 4. The molecule has 0 N–H and O–H groups in total. The van der Waals surface area contributed by atoms with Gasteiger partial charge in [0.2, 0.25) is 0 Å². The summed E-state index contributed by atoms with van der Waals surface area (Å²) in [7, 11) is 0. The molecule has 2 aliphatic heterocycles. The van der Waals surface area contributed by atoms with Crippen LogP contribution in [0.3, 0.4) is 0 Å². The Kier molecular flexibility index (Phi) is 3.50. The Morgan fingerprint density at radius 1 is 1.21 bits per heavy atom. The largest absolute Gasteiger partial charge is 0.381 e. The lowest BCUT2D eigenvalue weighted by atomic mass is 10.0. The second-order valence-corrected chi connectivity index (χ2v) is 3.82. The van der Waals surface area contributed by atoms with Gasteiger partial charge in [-0.2, -0.15) is 0 Å². The van der Waals surface area contributed by atoms with Crippen LogP contribution in [0, 0.1) is 5.92 Å². The summed E-state index contributed by atoms with van der Waals surface area (Å²) in [5.41, 5.74) is 0. The topological polar surface area (TPSA) is 44.8 Å².